The van der Waals surface area contributed by atoms with Crippen molar-refractivity contribution in [1.82, 2.24) is 4.98 Å². The van der Waals surface area contributed by atoms with Crippen molar-refractivity contribution in [2.75, 3.05) is 5.32 Å². The second-order valence-corrected chi connectivity index (χ2v) is 6.03. The summed E-state index contributed by atoms with van der Waals surface area (Å²) in [5.74, 6) is 0.0373. The minimum Gasteiger partial charge on any atom is -0.302 e. The van der Waals surface area contributed by atoms with E-state index in [0.29, 0.717) is 16.6 Å². The lowest BCUT2D eigenvalue weighted by Crippen LogP contribution is -2.10. The van der Waals surface area contributed by atoms with E-state index in [4.69, 9.17) is 11.6 Å². The van der Waals surface area contributed by atoms with Gasteiger partial charge in [-0.1, -0.05) is 42.7 Å². The number of anilines is 1. The molecular weight excluding hydrogens is 280 g/mol. The third-order valence-electron chi connectivity index (χ3n) is 2.92. The van der Waals surface area contributed by atoms with Gasteiger partial charge in [-0.3, -0.25) is 4.79 Å². The molecule has 0 fully saturated rings. The van der Waals surface area contributed by atoms with Crippen LogP contribution in [0.25, 0.3) is 10.2 Å². The number of halogens is 1. The van der Waals surface area contributed by atoms with E-state index >= 15 is 0 Å². The van der Waals surface area contributed by atoms with Crippen molar-refractivity contribution in [2.24, 2.45) is 0 Å². The Morgan fingerprint density at radius 1 is 1.42 bits per heavy atom. The summed E-state index contributed by atoms with van der Waals surface area (Å²) in [6.07, 6.45) is 3.69. The van der Waals surface area contributed by atoms with E-state index in [1.165, 1.54) is 11.3 Å². The van der Waals surface area contributed by atoms with Gasteiger partial charge in [-0.15, -0.1) is 0 Å². The van der Waals surface area contributed by atoms with Crippen molar-refractivity contribution >= 4 is 44.2 Å². The molecule has 5 heteroatoms. The van der Waals surface area contributed by atoms with Crippen molar-refractivity contribution in [3.05, 3.63) is 22.7 Å². The summed E-state index contributed by atoms with van der Waals surface area (Å²) in [5.41, 5.74) is 1.86. The summed E-state index contributed by atoms with van der Waals surface area (Å²) in [4.78, 5) is 16.1. The number of hydrogen-bond donors (Lipinski definition) is 1. The average Bonchev–Trinajstić information content (AvgIpc) is 2.71. The number of hydrogen-bond acceptors (Lipinski definition) is 3. The predicted octanol–water partition coefficient (Wildman–Crippen LogP) is 4.78. The Balaban J connectivity index is 2.07. The third kappa shape index (κ3) is 3.67. The number of carbonyl (C=O) groups excluding carboxylic acids is 1. The number of aryl methyl sites for hydroxylation is 1. The predicted molar refractivity (Wildman–Crippen MR) is 82.1 cm³/mol. The van der Waals surface area contributed by atoms with Crippen molar-refractivity contribution < 1.29 is 4.79 Å². The van der Waals surface area contributed by atoms with Gasteiger partial charge in [-0.05, 0) is 31.0 Å². The van der Waals surface area contributed by atoms with Crippen LogP contribution < -0.4 is 5.32 Å². The first-order valence-electron chi connectivity index (χ1n) is 6.46. The molecule has 0 aliphatic heterocycles. The molecule has 0 atom stereocenters. The maximum Gasteiger partial charge on any atom is 0.226 e. The molecule has 1 amide bonds. The van der Waals surface area contributed by atoms with E-state index in [9.17, 15) is 4.79 Å². The lowest BCUT2D eigenvalue weighted by atomic mass is 10.2. The van der Waals surface area contributed by atoms with Crippen LogP contribution in [0.3, 0.4) is 0 Å². The normalized spacial score (nSPS) is 10.9. The number of nitrogens with one attached hydrogen (secondary N) is 1. The van der Waals surface area contributed by atoms with E-state index < -0.39 is 0 Å². The molecule has 0 bridgehead atoms. The standard InChI is InChI=1S/C14H17ClN2OS/c1-3-4-5-6-13(18)17-14-16-11-8-10(15)9(2)7-12(11)19-14/h7-8H,3-6H2,1-2H3,(H,16,17,18). The zero-order valence-corrected chi connectivity index (χ0v) is 12.7. The Morgan fingerprint density at radius 3 is 2.95 bits per heavy atom. The highest BCUT2D eigenvalue weighted by Crippen LogP contribution is 2.30. The summed E-state index contributed by atoms with van der Waals surface area (Å²) >= 11 is 7.55. The molecular formula is C14H17ClN2OS. The molecule has 0 saturated carbocycles. The molecule has 0 aliphatic rings. The minimum atomic E-state index is 0.0373. The Bertz CT molecular complexity index is 555. The van der Waals surface area contributed by atoms with Gasteiger partial charge in [0.05, 0.1) is 10.2 Å². The second kappa shape index (κ2) is 6.35. The summed E-state index contributed by atoms with van der Waals surface area (Å²) in [7, 11) is 0. The van der Waals surface area contributed by atoms with Gasteiger partial charge in [0.25, 0.3) is 0 Å². The SMILES string of the molecule is CCCCCC(=O)Nc1nc2cc(Cl)c(C)cc2s1. The largest absolute Gasteiger partial charge is 0.302 e. The maximum atomic E-state index is 11.7. The monoisotopic (exact) mass is 296 g/mol. The molecule has 2 rings (SSSR count). The molecule has 2 aromatic rings. The zero-order chi connectivity index (χ0) is 13.8. The third-order valence-corrected chi connectivity index (χ3v) is 4.26. The maximum absolute atomic E-state index is 11.7. The van der Waals surface area contributed by atoms with Crippen LogP contribution in [0.1, 0.15) is 38.2 Å². The van der Waals surface area contributed by atoms with Gasteiger partial charge >= 0.3 is 0 Å². The number of thiazole rings is 1. The molecule has 1 aromatic heterocycles. The van der Waals surface area contributed by atoms with Crippen molar-refractivity contribution in [2.45, 2.75) is 39.5 Å². The molecule has 1 N–H and O–H groups in total. The number of carbonyl (C=O) groups is 1. The molecule has 1 aromatic carbocycles. The smallest absolute Gasteiger partial charge is 0.226 e. The summed E-state index contributed by atoms with van der Waals surface area (Å²) in [6.45, 7) is 4.09. The number of aromatic nitrogens is 1. The first-order chi connectivity index (χ1) is 9.10. The van der Waals surface area contributed by atoms with Crippen LogP contribution in [-0.2, 0) is 4.79 Å². The first kappa shape index (κ1) is 14.3. The van der Waals surface area contributed by atoms with Gasteiger partial charge in [-0.25, -0.2) is 4.98 Å². The molecule has 1 heterocycles. The van der Waals surface area contributed by atoms with Crippen LogP contribution >= 0.6 is 22.9 Å². The topological polar surface area (TPSA) is 42.0 Å². The van der Waals surface area contributed by atoms with Crippen LogP contribution in [0.15, 0.2) is 12.1 Å². The van der Waals surface area contributed by atoms with E-state index in [0.717, 1.165) is 35.0 Å². The highest BCUT2D eigenvalue weighted by atomic mass is 35.5. The highest BCUT2D eigenvalue weighted by Gasteiger charge is 2.09. The number of nitrogens with zero attached hydrogens (tertiary/aromatic N) is 1. The number of rotatable bonds is 5. The average molecular weight is 297 g/mol. The van der Waals surface area contributed by atoms with Gasteiger partial charge in [0, 0.05) is 11.4 Å². The fraction of sp³-hybridized carbons (Fsp3) is 0.429. The van der Waals surface area contributed by atoms with Crippen molar-refractivity contribution in [1.29, 1.82) is 0 Å². The van der Waals surface area contributed by atoms with Crippen LogP contribution in [0.2, 0.25) is 5.02 Å². The Kier molecular flexibility index (Phi) is 4.77. The quantitative estimate of drug-likeness (QED) is 0.807. The van der Waals surface area contributed by atoms with Gasteiger partial charge in [0.15, 0.2) is 5.13 Å². The molecule has 0 radical (unpaired) electrons. The molecule has 0 aliphatic carbocycles. The summed E-state index contributed by atoms with van der Waals surface area (Å²) in [5, 5.41) is 4.21. The first-order valence-corrected chi connectivity index (χ1v) is 7.66. The lowest BCUT2D eigenvalue weighted by molar-refractivity contribution is -0.116. The van der Waals surface area contributed by atoms with Crippen LogP contribution in [0, 0.1) is 6.92 Å². The number of benzene rings is 1. The Morgan fingerprint density at radius 2 is 2.21 bits per heavy atom. The lowest BCUT2D eigenvalue weighted by Gasteiger charge is -1.99. The fourth-order valence-corrected chi connectivity index (χ4v) is 2.94. The van der Waals surface area contributed by atoms with E-state index in [1.807, 2.05) is 19.1 Å². The minimum absolute atomic E-state index is 0.0373. The van der Waals surface area contributed by atoms with Gasteiger partial charge in [-0.2, -0.15) is 0 Å². The van der Waals surface area contributed by atoms with Gasteiger partial charge in [0.2, 0.25) is 5.91 Å². The van der Waals surface area contributed by atoms with E-state index in [1.54, 1.807) is 0 Å². The number of unbranched alkanes of at least 4 members (excludes halogenated alkanes) is 2. The van der Waals surface area contributed by atoms with Crippen molar-refractivity contribution in [3.8, 4) is 0 Å². The summed E-state index contributed by atoms with van der Waals surface area (Å²) in [6, 6.07) is 3.84. The van der Waals surface area contributed by atoms with E-state index in [2.05, 4.69) is 17.2 Å². The molecule has 0 unspecified atom stereocenters. The molecule has 19 heavy (non-hydrogen) atoms. The molecule has 102 valence electrons. The zero-order valence-electron chi connectivity index (χ0n) is 11.1. The van der Waals surface area contributed by atoms with Gasteiger partial charge in [0.1, 0.15) is 0 Å². The van der Waals surface area contributed by atoms with E-state index in [-0.39, 0.29) is 5.91 Å². The molecule has 0 saturated heterocycles. The van der Waals surface area contributed by atoms with Crippen LogP contribution in [0.5, 0.6) is 0 Å². The van der Waals surface area contributed by atoms with Crippen LogP contribution in [-0.4, -0.2) is 10.9 Å². The number of amides is 1. The number of fused-ring (bicyclic) bond motifs is 1. The second-order valence-electron chi connectivity index (χ2n) is 4.59. The molecule has 3 nitrogen and oxygen atoms in total. The Labute approximate surface area is 122 Å². The van der Waals surface area contributed by atoms with Crippen LogP contribution in [0.4, 0.5) is 5.13 Å². The van der Waals surface area contributed by atoms with Gasteiger partial charge < -0.3 is 5.32 Å². The molecule has 0 spiro atoms. The highest BCUT2D eigenvalue weighted by molar-refractivity contribution is 7.22. The summed E-state index contributed by atoms with van der Waals surface area (Å²) < 4.78 is 1.05. The van der Waals surface area contributed by atoms with Crippen molar-refractivity contribution in [3.63, 3.8) is 0 Å². The fourth-order valence-electron chi connectivity index (χ4n) is 1.82. The Hall–Kier alpha value is -1.13.